The van der Waals surface area contributed by atoms with E-state index in [1.54, 1.807) is 0 Å². The molecule has 0 aliphatic heterocycles. The molecule has 0 aliphatic carbocycles. The first-order valence-corrected chi connectivity index (χ1v) is 4.78. The van der Waals surface area contributed by atoms with Crippen molar-refractivity contribution in [1.82, 2.24) is 15.0 Å². The molecule has 0 saturated carbocycles. The number of nitrogens with two attached hydrogens (primary N) is 1. The van der Waals surface area contributed by atoms with Gasteiger partial charge in [-0.3, -0.25) is 5.84 Å². The molecule has 0 saturated heterocycles. The fourth-order valence-electron chi connectivity index (χ4n) is 1.59. The third-order valence-corrected chi connectivity index (χ3v) is 2.48. The van der Waals surface area contributed by atoms with Gasteiger partial charge in [0.1, 0.15) is 0 Å². The third-order valence-electron chi connectivity index (χ3n) is 2.48. The largest absolute Gasteiger partial charge is 0.361 e. The summed E-state index contributed by atoms with van der Waals surface area (Å²) in [7, 11) is 3.96. The maximum Gasteiger partial charge on any atom is 0.0955 e. The molecule has 15 heavy (non-hydrogen) atoms. The van der Waals surface area contributed by atoms with Crippen LogP contribution in [0, 0.1) is 0 Å². The van der Waals surface area contributed by atoms with Gasteiger partial charge in [0.2, 0.25) is 0 Å². The first kappa shape index (κ1) is 9.95. The lowest BCUT2D eigenvalue weighted by atomic mass is 10.2. The van der Waals surface area contributed by atoms with Crippen molar-refractivity contribution >= 4 is 16.7 Å². The van der Waals surface area contributed by atoms with Crippen LogP contribution in [0.5, 0.6) is 0 Å². The molecule has 0 atom stereocenters. The van der Waals surface area contributed by atoms with Crippen molar-refractivity contribution in [3.05, 3.63) is 24.5 Å². The number of hydrogen-bond acceptors (Lipinski definition) is 4. The SMILES string of the molecule is CN(CNN)c1ccc2c(c1)ncn2C. The molecule has 0 spiro atoms. The Balaban J connectivity index is 2.38. The third kappa shape index (κ3) is 1.79. The number of imidazole rings is 1. The minimum Gasteiger partial charge on any atom is -0.361 e. The molecule has 3 N–H and O–H groups in total. The predicted octanol–water partition coefficient (Wildman–Crippen LogP) is 0.430. The van der Waals surface area contributed by atoms with Gasteiger partial charge < -0.3 is 9.47 Å². The minimum atomic E-state index is 0.609. The van der Waals surface area contributed by atoms with E-state index in [-0.39, 0.29) is 0 Å². The van der Waals surface area contributed by atoms with Crippen LogP contribution in [0.3, 0.4) is 0 Å². The number of anilines is 1. The van der Waals surface area contributed by atoms with Crippen molar-refractivity contribution in [3.63, 3.8) is 0 Å². The standard InChI is InChI=1S/C10H15N5/c1-14(7-13-11)8-3-4-10-9(5-8)12-6-15(10)2/h3-6,13H,7,11H2,1-2H3. The topological polar surface area (TPSA) is 59.1 Å². The average molecular weight is 205 g/mol. The number of nitrogens with zero attached hydrogens (tertiary/aromatic N) is 3. The van der Waals surface area contributed by atoms with Gasteiger partial charge in [0, 0.05) is 19.8 Å². The first-order valence-electron chi connectivity index (χ1n) is 4.78. The smallest absolute Gasteiger partial charge is 0.0955 e. The Morgan fingerprint density at radius 3 is 3.07 bits per heavy atom. The molecule has 80 valence electrons. The van der Waals surface area contributed by atoms with Crippen molar-refractivity contribution in [2.24, 2.45) is 12.9 Å². The lowest BCUT2D eigenvalue weighted by Crippen LogP contribution is -2.35. The molecule has 5 nitrogen and oxygen atoms in total. The van der Waals surface area contributed by atoms with E-state index < -0.39 is 0 Å². The molecule has 5 heteroatoms. The molecule has 0 amide bonds. The summed E-state index contributed by atoms with van der Waals surface area (Å²) in [5.74, 6) is 5.27. The zero-order valence-electron chi connectivity index (χ0n) is 8.94. The number of hydrogen-bond donors (Lipinski definition) is 2. The van der Waals surface area contributed by atoms with Crippen molar-refractivity contribution in [2.45, 2.75) is 0 Å². The highest BCUT2D eigenvalue weighted by Crippen LogP contribution is 2.19. The summed E-state index contributed by atoms with van der Waals surface area (Å²) in [4.78, 5) is 6.33. The van der Waals surface area contributed by atoms with E-state index in [9.17, 15) is 0 Å². The second-order valence-corrected chi connectivity index (χ2v) is 3.59. The van der Waals surface area contributed by atoms with Crippen LogP contribution in [0.2, 0.25) is 0 Å². The normalized spacial score (nSPS) is 10.9. The highest BCUT2D eigenvalue weighted by molar-refractivity contribution is 5.79. The lowest BCUT2D eigenvalue weighted by molar-refractivity contribution is 0.718. The van der Waals surface area contributed by atoms with E-state index in [0.717, 1.165) is 16.7 Å². The molecule has 1 aromatic carbocycles. The Morgan fingerprint density at radius 1 is 1.53 bits per heavy atom. The van der Waals surface area contributed by atoms with E-state index in [1.165, 1.54) is 0 Å². The van der Waals surface area contributed by atoms with Crippen molar-refractivity contribution < 1.29 is 0 Å². The van der Waals surface area contributed by atoms with Crippen LogP contribution >= 0.6 is 0 Å². The molecule has 0 aliphatic rings. The molecule has 0 radical (unpaired) electrons. The second kappa shape index (κ2) is 3.88. The van der Waals surface area contributed by atoms with Crippen molar-refractivity contribution in [3.8, 4) is 0 Å². The van der Waals surface area contributed by atoms with Crippen LogP contribution in [-0.2, 0) is 7.05 Å². The first-order chi connectivity index (χ1) is 7.22. The van der Waals surface area contributed by atoms with Crippen LogP contribution in [0.1, 0.15) is 0 Å². The van der Waals surface area contributed by atoms with Gasteiger partial charge in [0.25, 0.3) is 0 Å². The van der Waals surface area contributed by atoms with Crippen LogP contribution in [0.4, 0.5) is 5.69 Å². The maximum absolute atomic E-state index is 5.27. The van der Waals surface area contributed by atoms with Crippen LogP contribution in [0.15, 0.2) is 24.5 Å². The predicted molar refractivity (Wildman–Crippen MR) is 61.3 cm³/mol. The van der Waals surface area contributed by atoms with E-state index in [2.05, 4.69) is 22.5 Å². The summed E-state index contributed by atoms with van der Waals surface area (Å²) in [6, 6.07) is 6.17. The molecule has 0 fully saturated rings. The van der Waals surface area contributed by atoms with Crippen LogP contribution < -0.4 is 16.2 Å². The second-order valence-electron chi connectivity index (χ2n) is 3.59. The summed E-state index contributed by atoms with van der Waals surface area (Å²) in [6.07, 6.45) is 1.82. The van der Waals surface area contributed by atoms with Gasteiger partial charge in [-0.05, 0) is 18.2 Å². The van der Waals surface area contributed by atoms with Crippen LogP contribution in [-0.4, -0.2) is 23.3 Å². The number of aryl methyl sites for hydroxylation is 1. The summed E-state index contributed by atoms with van der Waals surface area (Å²) >= 11 is 0. The molecular weight excluding hydrogens is 190 g/mol. The Bertz CT molecular complexity index is 462. The van der Waals surface area contributed by atoms with Crippen molar-refractivity contribution in [1.29, 1.82) is 0 Å². The summed E-state index contributed by atoms with van der Waals surface area (Å²) < 4.78 is 2.00. The number of rotatable bonds is 3. The van der Waals surface area contributed by atoms with Gasteiger partial charge in [-0.15, -0.1) is 0 Å². The molecule has 2 rings (SSSR count). The maximum atomic E-state index is 5.27. The van der Waals surface area contributed by atoms with Crippen LogP contribution in [0.25, 0.3) is 11.0 Å². The number of aromatic nitrogens is 2. The molecule has 2 aromatic rings. The van der Waals surface area contributed by atoms with Gasteiger partial charge in [-0.1, -0.05) is 0 Å². The number of nitrogens with one attached hydrogen (secondary N) is 1. The highest BCUT2D eigenvalue weighted by Gasteiger charge is 2.03. The number of benzene rings is 1. The average Bonchev–Trinajstić information content (AvgIpc) is 2.60. The molecule has 1 heterocycles. The summed E-state index contributed by atoms with van der Waals surface area (Å²) in [6.45, 7) is 0.609. The lowest BCUT2D eigenvalue weighted by Gasteiger charge is -2.18. The number of fused-ring (bicyclic) bond motifs is 1. The highest BCUT2D eigenvalue weighted by atomic mass is 15.3. The molecular formula is C10H15N5. The van der Waals surface area contributed by atoms with Gasteiger partial charge in [-0.2, -0.15) is 0 Å². The fourth-order valence-corrected chi connectivity index (χ4v) is 1.59. The van der Waals surface area contributed by atoms with E-state index in [4.69, 9.17) is 5.84 Å². The van der Waals surface area contributed by atoms with E-state index in [0.29, 0.717) is 6.67 Å². The van der Waals surface area contributed by atoms with Gasteiger partial charge >= 0.3 is 0 Å². The molecule has 0 unspecified atom stereocenters. The van der Waals surface area contributed by atoms with Crippen molar-refractivity contribution in [2.75, 3.05) is 18.6 Å². The van der Waals surface area contributed by atoms with Gasteiger partial charge in [0.05, 0.1) is 24.0 Å². The molecule has 0 bridgehead atoms. The molecule has 1 aromatic heterocycles. The van der Waals surface area contributed by atoms with Gasteiger partial charge in [0.15, 0.2) is 0 Å². The monoisotopic (exact) mass is 205 g/mol. The van der Waals surface area contributed by atoms with E-state index in [1.807, 2.05) is 36.0 Å². The van der Waals surface area contributed by atoms with E-state index >= 15 is 0 Å². The fraction of sp³-hybridized carbons (Fsp3) is 0.300. The summed E-state index contributed by atoms with van der Waals surface area (Å²) in [5, 5.41) is 0. The number of hydrazine groups is 1. The Hall–Kier alpha value is -1.59. The van der Waals surface area contributed by atoms with Gasteiger partial charge in [-0.25, -0.2) is 10.4 Å². The Morgan fingerprint density at radius 2 is 2.33 bits per heavy atom. The zero-order valence-corrected chi connectivity index (χ0v) is 8.94. The zero-order chi connectivity index (χ0) is 10.8. The summed E-state index contributed by atoms with van der Waals surface area (Å²) in [5.41, 5.74) is 5.85. The quantitative estimate of drug-likeness (QED) is 0.433. The Kier molecular flexibility index (Phi) is 2.57. The Labute approximate surface area is 88.5 Å². The minimum absolute atomic E-state index is 0.609.